The van der Waals surface area contributed by atoms with E-state index < -0.39 is 17.6 Å². The van der Waals surface area contributed by atoms with E-state index in [1.54, 1.807) is 30.3 Å². The van der Waals surface area contributed by atoms with Gasteiger partial charge in [0, 0.05) is 18.5 Å². The number of benzene rings is 2. The Balaban J connectivity index is 1.90. The lowest BCUT2D eigenvalue weighted by Gasteiger charge is -2.15. The van der Waals surface area contributed by atoms with Crippen molar-refractivity contribution < 1.29 is 27.5 Å². The van der Waals surface area contributed by atoms with E-state index >= 15 is 0 Å². The van der Waals surface area contributed by atoms with Crippen molar-refractivity contribution in [3.8, 4) is 5.75 Å². The van der Waals surface area contributed by atoms with Crippen LogP contribution in [0, 0.1) is 0 Å². The Labute approximate surface area is 167 Å². The summed E-state index contributed by atoms with van der Waals surface area (Å²) in [6, 6.07) is 11.6. The molecule has 0 unspecified atom stereocenters. The lowest BCUT2D eigenvalue weighted by atomic mass is 10.1. The van der Waals surface area contributed by atoms with Gasteiger partial charge in [-0.25, -0.2) is 0 Å². The molecule has 0 aliphatic rings. The molecular formula is C21H23F3N2O3. The molecule has 2 aromatic carbocycles. The van der Waals surface area contributed by atoms with Crippen molar-refractivity contribution in [2.75, 3.05) is 18.5 Å². The van der Waals surface area contributed by atoms with E-state index in [9.17, 15) is 22.8 Å². The van der Waals surface area contributed by atoms with Crippen LogP contribution in [-0.2, 0) is 11.0 Å². The summed E-state index contributed by atoms with van der Waals surface area (Å²) in [6.45, 7) is 2.45. The molecule has 2 amide bonds. The lowest BCUT2D eigenvalue weighted by Crippen LogP contribution is -2.25. The van der Waals surface area contributed by atoms with Gasteiger partial charge < -0.3 is 15.4 Å². The van der Waals surface area contributed by atoms with Crippen LogP contribution in [0.15, 0.2) is 48.5 Å². The SMILES string of the molecule is CCCOc1ccc(C(F)(F)F)cc1NC(=O)CCCNC(=O)c1ccccc1. The van der Waals surface area contributed by atoms with Crippen LogP contribution in [0.25, 0.3) is 0 Å². The summed E-state index contributed by atoms with van der Waals surface area (Å²) in [5.41, 5.74) is -0.378. The Hall–Kier alpha value is -3.03. The molecule has 2 N–H and O–H groups in total. The van der Waals surface area contributed by atoms with Crippen LogP contribution in [0.4, 0.5) is 18.9 Å². The molecule has 0 bridgehead atoms. The molecule has 0 aliphatic heterocycles. The normalized spacial score (nSPS) is 11.0. The summed E-state index contributed by atoms with van der Waals surface area (Å²) < 4.78 is 44.3. The molecule has 0 saturated carbocycles. The lowest BCUT2D eigenvalue weighted by molar-refractivity contribution is -0.137. The number of amides is 2. The maximum Gasteiger partial charge on any atom is 0.416 e. The Morgan fingerprint density at radius 3 is 2.45 bits per heavy atom. The van der Waals surface area contributed by atoms with Crippen molar-refractivity contribution in [2.24, 2.45) is 0 Å². The first kappa shape index (κ1) is 22.3. The Kier molecular flexibility index (Phi) is 8.06. The van der Waals surface area contributed by atoms with Gasteiger partial charge in [-0.2, -0.15) is 13.2 Å². The van der Waals surface area contributed by atoms with E-state index in [0.717, 1.165) is 12.1 Å². The molecule has 0 saturated heterocycles. The fourth-order valence-corrected chi connectivity index (χ4v) is 2.50. The fraction of sp³-hybridized carbons (Fsp3) is 0.333. The number of carbonyl (C=O) groups excluding carboxylic acids is 2. The van der Waals surface area contributed by atoms with Crippen molar-refractivity contribution in [3.05, 3.63) is 59.7 Å². The maximum atomic E-state index is 13.0. The van der Waals surface area contributed by atoms with Gasteiger partial charge in [0.25, 0.3) is 5.91 Å². The van der Waals surface area contributed by atoms with Crippen LogP contribution in [-0.4, -0.2) is 25.0 Å². The highest BCUT2D eigenvalue weighted by molar-refractivity contribution is 5.94. The van der Waals surface area contributed by atoms with Gasteiger partial charge in [-0.3, -0.25) is 9.59 Å². The van der Waals surface area contributed by atoms with Crippen molar-refractivity contribution in [1.82, 2.24) is 5.32 Å². The van der Waals surface area contributed by atoms with Gasteiger partial charge in [-0.15, -0.1) is 0 Å². The Morgan fingerprint density at radius 2 is 1.79 bits per heavy atom. The molecule has 2 rings (SSSR count). The van der Waals surface area contributed by atoms with Crippen LogP contribution in [0.3, 0.4) is 0 Å². The number of alkyl halides is 3. The average molecular weight is 408 g/mol. The van der Waals surface area contributed by atoms with E-state index in [4.69, 9.17) is 4.74 Å². The van der Waals surface area contributed by atoms with Gasteiger partial charge >= 0.3 is 6.18 Å². The van der Waals surface area contributed by atoms with Gasteiger partial charge in [-0.05, 0) is 43.2 Å². The smallest absolute Gasteiger partial charge is 0.416 e. The number of rotatable bonds is 9. The second-order valence-electron chi connectivity index (χ2n) is 6.33. The van der Waals surface area contributed by atoms with Crippen LogP contribution in [0.2, 0.25) is 0 Å². The molecule has 0 aliphatic carbocycles. The molecule has 0 spiro atoms. The molecule has 0 fully saturated rings. The number of halogens is 3. The summed E-state index contributed by atoms with van der Waals surface area (Å²) in [7, 11) is 0. The first-order valence-electron chi connectivity index (χ1n) is 9.28. The number of hydrogen-bond donors (Lipinski definition) is 2. The van der Waals surface area contributed by atoms with E-state index in [-0.39, 0.29) is 30.3 Å². The fourth-order valence-electron chi connectivity index (χ4n) is 2.50. The summed E-state index contributed by atoms with van der Waals surface area (Å²) in [6.07, 6.45) is -3.47. The van der Waals surface area contributed by atoms with Gasteiger partial charge in [-0.1, -0.05) is 25.1 Å². The Bertz CT molecular complexity index is 824. The largest absolute Gasteiger partial charge is 0.491 e. The number of hydrogen-bond acceptors (Lipinski definition) is 3. The van der Waals surface area contributed by atoms with Crippen LogP contribution < -0.4 is 15.4 Å². The monoisotopic (exact) mass is 408 g/mol. The molecule has 0 radical (unpaired) electrons. The molecule has 0 aromatic heterocycles. The summed E-state index contributed by atoms with van der Waals surface area (Å²) in [5, 5.41) is 5.17. The minimum absolute atomic E-state index is 0.0217. The quantitative estimate of drug-likeness (QED) is 0.594. The van der Waals surface area contributed by atoms with E-state index in [1.807, 2.05) is 6.92 Å². The predicted octanol–water partition coefficient (Wildman–Crippen LogP) is 4.64. The molecule has 0 atom stereocenters. The summed E-state index contributed by atoms with van der Waals surface area (Å²) in [5.74, 6) is -0.524. The van der Waals surface area contributed by atoms with Gasteiger partial charge in [0.2, 0.25) is 5.91 Å². The third-order valence-electron chi connectivity index (χ3n) is 3.94. The standard InChI is InChI=1S/C21H23F3N2O3/c1-2-13-29-18-11-10-16(21(22,23)24)14-17(18)26-19(27)9-6-12-25-20(28)15-7-4-3-5-8-15/h3-5,7-8,10-11,14H,2,6,9,12-13H2,1H3,(H,25,28)(H,26,27). The van der Waals surface area contributed by atoms with E-state index in [2.05, 4.69) is 10.6 Å². The van der Waals surface area contributed by atoms with Crippen molar-refractivity contribution in [3.63, 3.8) is 0 Å². The van der Waals surface area contributed by atoms with E-state index in [1.165, 1.54) is 6.07 Å². The predicted molar refractivity (Wildman–Crippen MR) is 104 cm³/mol. The zero-order valence-electron chi connectivity index (χ0n) is 16.0. The summed E-state index contributed by atoms with van der Waals surface area (Å²) >= 11 is 0. The number of carbonyl (C=O) groups is 2. The first-order valence-corrected chi connectivity index (χ1v) is 9.28. The second-order valence-corrected chi connectivity index (χ2v) is 6.33. The highest BCUT2D eigenvalue weighted by atomic mass is 19.4. The molecular weight excluding hydrogens is 385 g/mol. The topological polar surface area (TPSA) is 67.4 Å². The molecule has 8 heteroatoms. The van der Waals surface area contributed by atoms with Crippen LogP contribution in [0.1, 0.15) is 42.1 Å². The van der Waals surface area contributed by atoms with Gasteiger partial charge in [0.1, 0.15) is 5.75 Å². The minimum Gasteiger partial charge on any atom is -0.491 e. The summed E-state index contributed by atoms with van der Waals surface area (Å²) in [4.78, 5) is 24.1. The van der Waals surface area contributed by atoms with E-state index in [0.29, 0.717) is 25.0 Å². The zero-order chi connectivity index (χ0) is 21.3. The van der Waals surface area contributed by atoms with Crippen LogP contribution in [0.5, 0.6) is 5.75 Å². The van der Waals surface area contributed by atoms with Gasteiger partial charge in [0.05, 0.1) is 17.9 Å². The van der Waals surface area contributed by atoms with Gasteiger partial charge in [0.15, 0.2) is 0 Å². The molecule has 5 nitrogen and oxygen atoms in total. The number of anilines is 1. The van der Waals surface area contributed by atoms with Crippen molar-refractivity contribution >= 4 is 17.5 Å². The first-order chi connectivity index (χ1) is 13.8. The zero-order valence-corrected chi connectivity index (χ0v) is 16.0. The highest BCUT2D eigenvalue weighted by Gasteiger charge is 2.31. The Morgan fingerprint density at radius 1 is 1.07 bits per heavy atom. The molecule has 0 heterocycles. The molecule has 156 valence electrons. The van der Waals surface area contributed by atoms with Crippen molar-refractivity contribution in [1.29, 1.82) is 0 Å². The molecule has 2 aromatic rings. The molecule has 29 heavy (non-hydrogen) atoms. The van der Waals surface area contributed by atoms with Crippen molar-refractivity contribution in [2.45, 2.75) is 32.4 Å². The maximum absolute atomic E-state index is 13.0. The third-order valence-corrected chi connectivity index (χ3v) is 3.94. The number of ether oxygens (including phenoxy) is 1. The number of nitrogens with one attached hydrogen (secondary N) is 2. The second kappa shape index (κ2) is 10.5. The third kappa shape index (κ3) is 7.14. The minimum atomic E-state index is -4.52. The van der Waals surface area contributed by atoms with Crippen LogP contribution >= 0.6 is 0 Å². The average Bonchev–Trinajstić information content (AvgIpc) is 2.70. The highest BCUT2D eigenvalue weighted by Crippen LogP contribution is 2.35.